The first-order valence-electron chi connectivity index (χ1n) is 6.73. The molecule has 0 aliphatic carbocycles. The number of hydrogen-bond donors (Lipinski definition) is 1. The lowest BCUT2D eigenvalue weighted by molar-refractivity contribution is 0.183. The third-order valence-electron chi connectivity index (χ3n) is 3.73. The Labute approximate surface area is 113 Å². The van der Waals surface area contributed by atoms with Gasteiger partial charge in [-0.15, -0.1) is 0 Å². The van der Waals surface area contributed by atoms with Gasteiger partial charge in [-0.1, -0.05) is 36.4 Å². The maximum absolute atomic E-state index is 9.31. The van der Waals surface area contributed by atoms with Gasteiger partial charge in [0, 0.05) is 11.5 Å². The van der Waals surface area contributed by atoms with Gasteiger partial charge >= 0.3 is 0 Å². The van der Waals surface area contributed by atoms with E-state index in [0.717, 1.165) is 17.7 Å². The van der Waals surface area contributed by atoms with Crippen molar-refractivity contribution in [2.24, 2.45) is 0 Å². The van der Waals surface area contributed by atoms with Gasteiger partial charge in [-0.2, -0.15) is 0 Å². The van der Waals surface area contributed by atoms with Crippen LogP contribution >= 0.6 is 0 Å². The fraction of sp³-hybridized carbons (Fsp3) is 0.294. The molecule has 0 bridgehead atoms. The normalized spacial score (nSPS) is 21.6. The summed E-state index contributed by atoms with van der Waals surface area (Å²) in [5.74, 6) is 1.30. The van der Waals surface area contributed by atoms with Gasteiger partial charge in [0.1, 0.15) is 5.75 Å². The zero-order chi connectivity index (χ0) is 13.2. The van der Waals surface area contributed by atoms with Crippen LogP contribution in [0.25, 0.3) is 0 Å². The van der Waals surface area contributed by atoms with E-state index in [-0.39, 0.29) is 12.7 Å². The minimum absolute atomic E-state index is 0.0738. The van der Waals surface area contributed by atoms with Gasteiger partial charge in [-0.25, -0.2) is 0 Å². The van der Waals surface area contributed by atoms with Crippen molar-refractivity contribution in [3.8, 4) is 5.75 Å². The maximum atomic E-state index is 9.31. The molecule has 1 unspecified atom stereocenters. The summed E-state index contributed by atoms with van der Waals surface area (Å²) in [6, 6.07) is 16.5. The molecule has 1 heterocycles. The third-order valence-corrected chi connectivity index (χ3v) is 3.73. The van der Waals surface area contributed by atoms with Gasteiger partial charge in [0.05, 0.1) is 12.7 Å². The summed E-state index contributed by atoms with van der Waals surface area (Å²) in [6.07, 6.45) is 1.20. The Morgan fingerprint density at radius 3 is 2.68 bits per heavy atom. The molecule has 0 spiro atoms. The zero-order valence-corrected chi connectivity index (χ0v) is 11.0. The van der Waals surface area contributed by atoms with Gasteiger partial charge in [0.25, 0.3) is 0 Å². The number of fused-ring (bicyclic) bond motifs is 1. The van der Waals surface area contributed by atoms with E-state index in [2.05, 4.69) is 37.3 Å². The van der Waals surface area contributed by atoms with E-state index in [9.17, 15) is 5.11 Å². The molecule has 19 heavy (non-hydrogen) atoms. The van der Waals surface area contributed by atoms with Crippen LogP contribution in [0, 0.1) is 0 Å². The largest absolute Gasteiger partial charge is 0.490 e. The molecule has 2 nitrogen and oxygen atoms in total. The number of rotatable bonds is 2. The van der Waals surface area contributed by atoms with Gasteiger partial charge in [0.2, 0.25) is 0 Å². The third kappa shape index (κ3) is 2.36. The van der Waals surface area contributed by atoms with Gasteiger partial charge in [0.15, 0.2) is 0 Å². The van der Waals surface area contributed by atoms with Crippen molar-refractivity contribution >= 4 is 0 Å². The highest BCUT2D eigenvalue weighted by atomic mass is 16.5. The van der Waals surface area contributed by atoms with Crippen LogP contribution in [0.15, 0.2) is 48.5 Å². The lowest BCUT2D eigenvalue weighted by Gasteiger charge is -2.31. The minimum atomic E-state index is 0.0738. The Bertz CT molecular complexity index is 563. The molecule has 0 fully saturated rings. The Hall–Kier alpha value is -1.80. The van der Waals surface area contributed by atoms with E-state index >= 15 is 0 Å². The topological polar surface area (TPSA) is 29.5 Å². The fourth-order valence-electron chi connectivity index (χ4n) is 2.80. The second kappa shape index (κ2) is 5.06. The predicted molar refractivity (Wildman–Crippen MR) is 75.4 cm³/mol. The highest BCUT2D eigenvalue weighted by Gasteiger charge is 2.27. The summed E-state index contributed by atoms with van der Waals surface area (Å²) in [4.78, 5) is 0. The van der Waals surface area contributed by atoms with E-state index in [0.29, 0.717) is 5.92 Å². The molecule has 0 saturated heterocycles. The second-order valence-corrected chi connectivity index (χ2v) is 5.16. The standard InChI is InChI=1S/C17H18O2/c1-12-9-15(14-5-3-2-4-6-14)16-10-13(11-18)7-8-17(16)19-12/h2-8,10,12,15,18H,9,11H2,1H3/t12?,15-/m1/s1. The Kier molecular flexibility index (Phi) is 3.26. The highest BCUT2D eigenvalue weighted by Crippen LogP contribution is 2.40. The number of aliphatic hydroxyl groups excluding tert-OH is 1. The van der Waals surface area contributed by atoms with Gasteiger partial charge < -0.3 is 9.84 Å². The lowest BCUT2D eigenvalue weighted by atomic mass is 9.84. The Balaban J connectivity index is 2.07. The van der Waals surface area contributed by atoms with E-state index in [4.69, 9.17) is 4.74 Å². The SMILES string of the molecule is CC1C[C@H](c2ccccc2)c2cc(CO)ccc2O1. The number of ether oxygens (including phenoxy) is 1. The lowest BCUT2D eigenvalue weighted by Crippen LogP contribution is -2.23. The van der Waals surface area contributed by atoms with Crippen LogP contribution in [-0.4, -0.2) is 11.2 Å². The monoisotopic (exact) mass is 254 g/mol. The summed E-state index contributed by atoms with van der Waals surface area (Å²) >= 11 is 0. The molecular weight excluding hydrogens is 236 g/mol. The molecular formula is C17H18O2. The van der Waals surface area contributed by atoms with Gasteiger partial charge in [-0.3, -0.25) is 0 Å². The van der Waals surface area contributed by atoms with Crippen molar-refractivity contribution < 1.29 is 9.84 Å². The molecule has 2 aromatic carbocycles. The van der Waals surface area contributed by atoms with Crippen LogP contribution in [0.4, 0.5) is 0 Å². The van der Waals surface area contributed by atoms with Crippen molar-refractivity contribution in [1.29, 1.82) is 0 Å². The highest BCUT2D eigenvalue weighted by molar-refractivity contribution is 5.46. The fourth-order valence-corrected chi connectivity index (χ4v) is 2.80. The quantitative estimate of drug-likeness (QED) is 0.889. The van der Waals surface area contributed by atoms with Crippen LogP contribution in [-0.2, 0) is 6.61 Å². The molecule has 1 N–H and O–H groups in total. The molecule has 0 saturated carbocycles. The van der Waals surface area contributed by atoms with Crippen molar-refractivity contribution in [3.05, 3.63) is 65.2 Å². The molecule has 2 heteroatoms. The van der Waals surface area contributed by atoms with Gasteiger partial charge in [-0.05, 0) is 36.6 Å². The van der Waals surface area contributed by atoms with Crippen LogP contribution in [0.1, 0.15) is 36.0 Å². The second-order valence-electron chi connectivity index (χ2n) is 5.16. The van der Waals surface area contributed by atoms with Crippen molar-refractivity contribution in [2.75, 3.05) is 0 Å². The minimum Gasteiger partial charge on any atom is -0.490 e. The molecule has 3 rings (SSSR count). The smallest absolute Gasteiger partial charge is 0.123 e. The average Bonchev–Trinajstić information content (AvgIpc) is 2.47. The van der Waals surface area contributed by atoms with E-state index in [1.165, 1.54) is 11.1 Å². The summed E-state index contributed by atoms with van der Waals surface area (Å²) in [5.41, 5.74) is 3.45. The first-order valence-corrected chi connectivity index (χ1v) is 6.73. The molecule has 98 valence electrons. The average molecular weight is 254 g/mol. The number of aliphatic hydroxyl groups is 1. The maximum Gasteiger partial charge on any atom is 0.123 e. The van der Waals surface area contributed by atoms with Crippen LogP contribution in [0.2, 0.25) is 0 Å². The molecule has 1 aliphatic rings. The first-order chi connectivity index (χ1) is 9.28. The molecule has 2 atom stereocenters. The summed E-state index contributed by atoms with van der Waals surface area (Å²) in [6.45, 7) is 2.18. The summed E-state index contributed by atoms with van der Waals surface area (Å²) < 4.78 is 5.90. The van der Waals surface area contributed by atoms with Crippen LogP contribution in [0.3, 0.4) is 0 Å². The van der Waals surface area contributed by atoms with E-state index < -0.39 is 0 Å². The van der Waals surface area contributed by atoms with E-state index in [1.807, 2.05) is 18.2 Å². The molecule has 0 radical (unpaired) electrons. The molecule has 1 aliphatic heterocycles. The molecule has 0 aromatic heterocycles. The number of benzene rings is 2. The van der Waals surface area contributed by atoms with Crippen molar-refractivity contribution in [1.82, 2.24) is 0 Å². The van der Waals surface area contributed by atoms with E-state index in [1.54, 1.807) is 0 Å². The van der Waals surface area contributed by atoms with Crippen molar-refractivity contribution in [3.63, 3.8) is 0 Å². The van der Waals surface area contributed by atoms with Crippen molar-refractivity contribution in [2.45, 2.75) is 32.0 Å². The predicted octanol–water partition coefficient (Wildman–Crippen LogP) is 3.48. The van der Waals surface area contributed by atoms with Crippen LogP contribution in [0.5, 0.6) is 5.75 Å². The summed E-state index contributed by atoms with van der Waals surface area (Å²) in [5, 5.41) is 9.31. The molecule has 0 amide bonds. The Morgan fingerprint density at radius 1 is 1.16 bits per heavy atom. The summed E-state index contributed by atoms with van der Waals surface area (Å²) in [7, 11) is 0. The Morgan fingerprint density at radius 2 is 1.95 bits per heavy atom. The first kappa shape index (κ1) is 12.2. The number of hydrogen-bond acceptors (Lipinski definition) is 2. The zero-order valence-electron chi connectivity index (χ0n) is 11.0. The van der Waals surface area contributed by atoms with Crippen LogP contribution < -0.4 is 4.74 Å². The molecule has 2 aromatic rings.